The molecule has 2 aliphatic heterocycles. The lowest BCUT2D eigenvalue weighted by molar-refractivity contribution is -0.137. The van der Waals surface area contributed by atoms with Crippen molar-refractivity contribution in [3.63, 3.8) is 0 Å². The number of ether oxygens (including phenoxy) is 3. The van der Waals surface area contributed by atoms with Crippen LogP contribution in [0.3, 0.4) is 0 Å². The van der Waals surface area contributed by atoms with Crippen LogP contribution in [0.15, 0.2) is 12.4 Å². The summed E-state index contributed by atoms with van der Waals surface area (Å²) in [6, 6.07) is -1.53. The molecule has 0 radical (unpaired) electrons. The van der Waals surface area contributed by atoms with Crippen molar-refractivity contribution in [2.45, 2.75) is 104 Å². The van der Waals surface area contributed by atoms with Crippen LogP contribution in [-0.2, 0) is 23.8 Å². The number of nitrogens with two attached hydrogens (primary N) is 3. The third kappa shape index (κ3) is 16.0. The van der Waals surface area contributed by atoms with Crippen molar-refractivity contribution in [2.75, 3.05) is 120 Å². The molecule has 3 aromatic heterocycles. The first kappa shape index (κ1) is 53.9. The summed E-state index contributed by atoms with van der Waals surface area (Å²) in [7, 11) is 0. The Hall–Kier alpha value is -5.05. The minimum Gasteiger partial charge on any atom is -0.377 e. The highest BCUT2D eigenvalue weighted by atomic mass is 16.5. The van der Waals surface area contributed by atoms with Crippen LogP contribution in [0, 0.1) is 30.1 Å². The lowest BCUT2D eigenvalue weighted by Crippen LogP contribution is -2.52. The van der Waals surface area contributed by atoms with E-state index < -0.39 is 12.1 Å². The number of terminal acetylenes is 1. The summed E-state index contributed by atoms with van der Waals surface area (Å²) in [5.74, 6) is 4.65. The second-order valence-electron chi connectivity index (χ2n) is 18.6. The molecule has 2 saturated heterocycles. The lowest BCUT2D eigenvalue weighted by atomic mass is 9.97. The van der Waals surface area contributed by atoms with Gasteiger partial charge >= 0.3 is 0 Å². The number of anilines is 3. The van der Waals surface area contributed by atoms with Gasteiger partial charge in [-0.1, -0.05) is 64.3 Å². The SMILES string of the molecule is C#CCOCCOCCOCCNc1nc(N2CCN(C(=O)C(CCCCN)n3cc(C(N)CC(C)C)nn3)CC2)nc(N2CCN(C(=O)C(C(C)CC)n3cc(C(N)CC(C)C)nn3)CC2)n1. The zero-order valence-electron chi connectivity index (χ0n) is 41.4. The van der Waals surface area contributed by atoms with Crippen molar-refractivity contribution in [1.82, 2.24) is 54.7 Å². The molecule has 22 heteroatoms. The zero-order chi connectivity index (χ0) is 49.0. The van der Waals surface area contributed by atoms with Crippen molar-refractivity contribution in [2.24, 2.45) is 35.0 Å². The van der Waals surface area contributed by atoms with Crippen LogP contribution in [0.5, 0.6) is 0 Å². The summed E-state index contributed by atoms with van der Waals surface area (Å²) in [6.45, 7) is 19.9. The maximum absolute atomic E-state index is 14.3. The summed E-state index contributed by atoms with van der Waals surface area (Å²) >= 11 is 0. The van der Waals surface area contributed by atoms with E-state index in [1.54, 1.807) is 9.36 Å². The summed E-state index contributed by atoms with van der Waals surface area (Å²) in [5, 5.41) is 20.9. The number of nitrogens with one attached hydrogen (secondary N) is 1. The van der Waals surface area contributed by atoms with Gasteiger partial charge in [0.15, 0.2) is 0 Å². The molecule has 5 unspecified atom stereocenters. The summed E-state index contributed by atoms with van der Waals surface area (Å²) in [4.78, 5) is 51.2. The van der Waals surface area contributed by atoms with Gasteiger partial charge in [-0.3, -0.25) is 9.59 Å². The smallest absolute Gasteiger partial charge is 0.247 e. The van der Waals surface area contributed by atoms with Gasteiger partial charge in [-0.2, -0.15) is 15.0 Å². The van der Waals surface area contributed by atoms with Gasteiger partial charge in [-0.05, 0) is 56.4 Å². The Balaban J connectivity index is 1.26. The minimum atomic E-state index is -0.519. The molecule has 2 fully saturated rings. The maximum Gasteiger partial charge on any atom is 0.247 e. The fourth-order valence-corrected chi connectivity index (χ4v) is 8.33. The molecule has 0 spiro atoms. The summed E-state index contributed by atoms with van der Waals surface area (Å²) < 4.78 is 20.0. The Labute approximate surface area is 402 Å². The maximum atomic E-state index is 14.3. The van der Waals surface area contributed by atoms with Gasteiger partial charge < -0.3 is 56.3 Å². The molecule has 3 aromatic rings. The number of hydrogen-bond acceptors (Lipinski definition) is 18. The highest BCUT2D eigenvalue weighted by Gasteiger charge is 2.35. The molecule has 5 heterocycles. The van der Waals surface area contributed by atoms with E-state index >= 15 is 0 Å². The molecule has 5 atom stereocenters. The first-order valence-electron chi connectivity index (χ1n) is 24.6. The Morgan fingerprint density at radius 1 is 0.721 bits per heavy atom. The Morgan fingerprint density at radius 3 is 1.76 bits per heavy atom. The van der Waals surface area contributed by atoms with Crippen LogP contribution in [-0.4, -0.2) is 172 Å². The fourth-order valence-electron chi connectivity index (χ4n) is 8.33. The average Bonchev–Trinajstić information content (AvgIpc) is 4.03. The lowest BCUT2D eigenvalue weighted by Gasteiger charge is -2.38. The molecule has 378 valence electrons. The Bertz CT molecular complexity index is 1990. The van der Waals surface area contributed by atoms with E-state index in [9.17, 15) is 9.59 Å². The summed E-state index contributed by atoms with van der Waals surface area (Å²) in [6.07, 6.45) is 13.4. The normalized spacial score (nSPS) is 16.8. The topological polar surface area (TPSA) is 265 Å². The summed E-state index contributed by atoms with van der Waals surface area (Å²) in [5.41, 5.74) is 20.1. The first-order chi connectivity index (χ1) is 32.8. The van der Waals surface area contributed by atoms with E-state index in [2.05, 4.69) is 83.2 Å². The molecule has 68 heavy (non-hydrogen) atoms. The minimum absolute atomic E-state index is 0.00204. The molecule has 0 bridgehead atoms. The molecule has 0 aromatic carbocycles. The van der Waals surface area contributed by atoms with Gasteiger partial charge in [-0.25, -0.2) is 9.36 Å². The van der Waals surface area contributed by atoms with Crippen LogP contribution in [0.4, 0.5) is 17.8 Å². The molecular formula is C46H79N17O5. The predicted molar refractivity (Wildman–Crippen MR) is 260 cm³/mol. The molecule has 2 aliphatic rings. The predicted octanol–water partition coefficient (Wildman–Crippen LogP) is 2.20. The third-order valence-electron chi connectivity index (χ3n) is 12.3. The molecule has 0 saturated carbocycles. The standard InChI is InChI=1S/C46H79N17O5/c1-8-23-66-25-27-68-28-26-67-24-14-50-44-51-45(60-19-15-58(16-20-60)42(64)40(12-10-11-13-47)62-31-38(54-56-62)36(48)29-33(3)4)53-46(52-44)61-21-17-59(18-22-61)43(65)41(35(7)9-2)63-32-39(55-57-63)37(49)30-34(5)6/h1,31-37,40-41H,9-30,47-49H2,2-7H3,(H,50,51,52,53). The number of aromatic nitrogens is 9. The van der Waals surface area contributed by atoms with Crippen LogP contribution < -0.4 is 32.3 Å². The van der Waals surface area contributed by atoms with Crippen molar-refractivity contribution >= 4 is 29.7 Å². The molecule has 22 nitrogen and oxygen atoms in total. The van der Waals surface area contributed by atoms with Gasteiger partial charge in [0.1, 0.15) is 18.7 Å². The monoisotopic (exact) mass is 950 g/mol. The highest BCUT2D eigenvalue weighted by Crippen LogP contribution is 2.28. The highest BCUT2D eigenvalue weighted by molar-refractivity contribution is 5.81. The number of hydrogen-bond donors (Lipinski definition) is 4. The van der Waals surface area contributed by atoms with Crippen LogP contribution in [0.25, 0.3) is 0 Å². The van der Waals surface area contributed by atoms with E-state index in [-0.39, 0.29) is 36.4 Å². The van der Waals surface area contributed by atoms with Crippen LogP contribution in [0.1, 0.15) is 116 Å². The van der Waals surface area contributed by atoms with Crippen molar-refractivity contribution in [3.8, 4) is 12.3 Å². The van der Waals surface area contributed by atoms with Crippen molar-refractivity contribution < 1.29 is 23.8 Å². The van der Waals surface area contributed by atoms with Gasteiger partial charge in [0.25, 0.3) is 0 Å². The fraction of sp³-hybridized carbons (Fsp3) is 0.761. The molecular weight excluding hydrogens is 871 g/mol. The van der Waals surface area contributed by atoms with E-state index in [1.165, 1.54) is 0 Å². The number of rotatable bonds is 29. The number of carbonyl (C=O) groups excluding carboxylic acids is 2. The number of amides is 2. The van der Waals surface area contributed by atoms with Gasteiger partial charge in [0.05, 0.1) is 68.9 Å². The molecule has 2 amide bonds. The molecule has 7 N–H and O–H groups in total. The quantitative estimate of drug-likeness (QED) is 0.0574. The Morgan fingerprint density at radius 2 is 1.24 bits per heavy atom. The van der Waals surface area contributed by atoms with Crippen molar-refractivity contribution in [3.05, 3.63) is 23.8 Å². The molecule has 0 aliphatic carbocycles. The van der Waals surface area contributed by atoms with Gasteiger partial charge in [0.2, 0.25) is 29.7 Å². The van der Waals surface area contributed by atoms with Crippen LogP contribution >= 0.6 is 0 Å². The molecule has 5 rings (SSSR count). The largest absolute Gasteiger partial charge is 0.377 e. The zero-order valence-corrected chi connectivity index (χ0v) is 41.4. The van der Waals surface area contributed by atoms with Gasteiger partial charge in [0, 0.05) is 58.9 Å². The number of piperazine rings is 2. The second kappa shape index (κ2) is 27.8. The second-order valence-corrected chi connectivity index (χ2v) is 18.6. The average molecular weight is 950 g/mol. The van der Waals surface area contributed by atoms with Gasteiger partial charge in [-0.15, -0.1) is 16.6 Å². The Kier molecular flexibility index (Phi) is 22.1. The van der Waals surface area contributed by atoms with Crippen molar-refractivity contribution in [1.29, 1.82) is 0 Å². The first-order valence-corrected chi connectivity index (χ1v) is 24.6. The third-order valence-corrected chi connectivity index (χ3v) is 12.3. The van der Waals surface area contributed by atoms with E-state index in [0.717, 1.165) is 32.1 Å². The number of unbranched alkanes of at least 4 members (excludes halogenated alkanes) is 1. The number of nitrogens with zero attached hydrogens (tertiary/aromatic N) is 13. The number of carbonyl (C=O) groups is 2. The van der Waals surface area contributed by atoms with E-state index in [4.69, 9.17) is 52.8 Å². The van der Waals surface area contributed by atoms with E-state index in [1.807, 2.05) is 22.2 Å². The van der Waals surface area contributed by atoms with Crippen LogP contribution in [0.2, 0.25) is 0 Å². The van der Waals surface area contributed by atoms with E-state index in [0.29, 0.717) is 146 Å².